The predicted molar refractivity (Wildman–Crippen MR) is 108 cm³/mol. The summed E-state index contributed by atoms with van der Waals surface area (Å²) in [4.78, 5) is 37.5. The van der Waals surface area contributed by atoms with Crippen LogP contribution in [0.25, 0.3) is 11.2 Å². The van der Waals surface area contributed by atoms with Gasteiger partial charge < -0.3 is 9.64 Å². The highest BCUT2D eigenvalue weighted by molar-refractivity contribution is 5.99. The number of alkyl halides is 2. The van der Waals surface area contributed by atoms with E-state index < -0.39 is 24.0 Å². The van der Waals surface area contributed by atoms with E-state index in [1.165, 1.54) is 12.4 Å². The fraction of sp³-hybridized carbons (Fsp3) is 0.650. The normalized spacial score (nSPS) is 19.1. The summed E-state index contributed by atoms with van der Waals surface area (Å²) in [5.41, 5.74) is -0.499. The van der Waals surface area contributed by atoms with Gasteiger partial charge in [0, 0.05) is 19.6 Å². The number of hydrogen-bond acceptors (Lipinski definition) is 6. The van der Waals surface area contributed by atoms with Gasteiger partial charge in [-0.15, -0.1) is 0 Å². The number of amides is 2. The third-order valence-electron chi connectivity index (χ3n) is 5.81. The van der Waals surface area contributed by atoms with Crippen LogP contribution in [0.1, 0.15) is 40.0 Å². The molecular formula is C20H26F2N6O3. The maximum absolute atomic E-state index is 13.3. The third-order valence-corrected chi connectivity index (χ3v) is 5.81. The molecule has 4 rings (SSSR count). The van der Waals surface area contributed by atoms with Gasteiger partial charge in [0.15, 0.2) is 11.5 Å². The van der Waals surface area contributed by atoms with E-state index >= 15 is 0 Å². The minimum absolute atomic E-state index is 0.0649. The molecule has 2 aliphatic heterocycles. The van der Waals surface area contributed by atoms with Crippen LogP contribution in [0.4, 0.5) is 19.4 Å². The monoisotopic (exact) mass is 436 g/mol. The molecule has 168 valence electrons. The number of aromatic nitrogens is 4. The summed E-state index contributed by atoms with van der Waals surface area (Å²) in [7, 11) is 0. The van der Waals surface area contributed by atoms with Gasteiger partial charge in [-0.2, -0.15) is 5.10 Å². The molecule has 2 amide bonds. The summed E-state index contributed by atoms with van der Waals surface area (Å²) in [6.07, 6.45) is 1.65. The highest BCUT2D eigenvalue weighted by atomic mass is 19.3. The van der Waals surface area contributed by atoms with Crippen LogP contribution in [-0.4, -0.2) is 68.3 Å². The molecule has 11 heteroatoms. The molecule has 0 aliphatic carbocycles. The van der Waals surface area contributed by atoms with E-state index in [2.05, 4.69) is 15.1 Å². The smallest absolute Gasteiger partial charge is 0.410 e. The summed E-state index contributed by atoms with van der Waals surface area (Å²) < 4.78 is 32.1. The molecule has 0 radical (unpaired) electrons. The Bertz CT molecular complexity index is 994. The third kappa shape index (κ3) is 4.17. The Hall–Kier alpha value is -2.85. The number of halogens is 2. The van der Waals surface area contributed by atoms with Crippen molar-refractivity contribution in [1.82, 2.24) is 24.6 Å². The van der Waals surface area contributed by atoms with Gasteiger partial charge >= 0.3 is 6.09 Å². The Balaban J connectivity index is 1.48. The number of hydrogen-bond donors (Lipinski definition) is 0. The SMILES string of the molecule is CC(C)(C)OC(=O)N1CCC2(CC1)CCN(c1cnc3cnn(CC(F)F)c3n1)C2=O. The molecule has 31 heavy (non-hydrogen) atoms. The zero-order chi connectivity index (χ0) is 22.4. The van der Waals surface area contributed by atoms with Gasteiger partial charge in [0.05, 0.1) is 17.8 Å². The van der Waals surface area contributed by atoms with Crippen molar-refractivity contribution in [1.29, 1.82) is 0 Å². The second-order valence-corrected chi connectivity index (χ2v) is 9.11. The molecule has 4 heterocycles. The Morgan fingerprint density at radius 3 is 2.52 bits per heavy atom. The summed E-state index contributed by atoms with van der Waals surface area (Å²) >= 11 is 0. The number of rotatable bonds is 3. The average Bonchev–Trinajstić information content (AvgIpc) is 3.22. The number of piperidine rings is 1. The maximum atomic E-state index is 13.3. The quantitative estimate of drug-likeness (QED) is 0.735. The van der Waals surface area contributed by atoms with Crippen LogP contribution in [0.15, 0.2) is 12.4 Å². The molecule has 2 aromatic rings. The van der Waals surface area contributed by atoms with E-state index in [9.17, 15) is 18.4 Å². The van der Waals surface area contributed by atoms with Crippen molar-refractivity contribution in [3.8, 4) is 0 Å². The Labute approximate surface area is 178 Å². The van der Waals surface area contributed by atoms with E-state index in [4.69, 9.17) is 4.74 Å². The molecule has 2 saturated heterocycles. The minimum atomic E-state index is -2.57. The molecular weight excluding hydrogens is 410 g/mol. The highest BCUT2D eigenvalue weighted by Crippen LogP contribution is 2.43. The van der Waals surface area contributed by atoms with E-state index in [0.717, 1.165) is 4.68 Å². The number of ether oxygens (including phenoxy) is 1. The van der Waals surface area contributed by atoms with E-state index in [-0.39, 0.29) is 17.6 Å². The Morgan fingerprint density at radius 1 is 1.19 bits per heavy atom. The molecule has 2 fully saturated rings. The number of nitrogens with zero attached hydrogens (tertiary/aromatic N) is 6. The second kappa shape index (κ2) is 7.69. The number of anilines is 1. The van der Waals surface area contributed by atoms with Crippen LogP contribution < -0.4 is 4.90 Å². The van der Waals surface area contributed by atoms with E-state index in [0.29, 0.717) is 50.2 Å². The molecule has 1 spiro atoms. The number of carbonyl (C=O) groups is 2. The van der Waals surface area contributed by atoms with Crippen molar-refractivity contribution >= 4 is 29.0 Å². The van der Waals surface area contributed by atoms with Crippen molar-refractivity contribution in [3.63, 3.8) is 0 Å². The van der Waals surface area contributed by atoms with Gasteiger partial charge in [-0.1, -0.05) is 0 Å². The molecule has 9 nitrogen and oxygen atoms in total. The van der Waals surface area contributed by atoms with Crippen molar-refractivity contribution < 1.29 is 23.1 Å². The van der Waals surface area contributed by atoms with Crippen molar-refractivity contribution in [2.24, 2.45) is 5.41 Å². The largest absolute Gasteiger partial charge is 0.444 e. The lowest BCUT2D eigenvalue weighted by atomic mass is 9.77. The first-order valence-corrected chi connectivity index (χ1v) is 10.3. The molecule has 2 aromatic heterocycles. The predicted octanol–water partition coefficient (Wildman–Crippen LogP) is 2.85. The van der Waals surface area contributed by atoms with Crippen LogP contribution in [0.3, 0.4) is 0 Å². The van der Waals surface area contributed by atoms with Gasteiger partial charge in [0.25, 0.3) is 6.43 Å². The number of likely N-dealkylation sites (tertiary alicyclic amines) is 1. The van der Waals surface area contributed by atoms with Crippen molar-refractivity contribution in [2.75, 3.05) is 24.5 Å². The number of fused-ring (bicyclic) bond motifs is 1. The van der Waals surface area contributed by atoms with Crippen LogP contribution >= 0.6 is 0 Å². The molecule has 0 unspecified atom stereocenters. The van der Waals surface area contributed by atoms with E-state index in [1.54, 1.807) is 9.80 Å². The summed E-state index contributed by atoms with van der Waals surface area (Å²) in [5.74, 6) is 0.268. The highest BCUT2D eigenvalue weighted by Gasteiger charge is 2.49. The van der Waals surface area contributed by atoms with Crippen LogP contribution in [0.2, 0.25) is 0 Å². The first-order chi connectivity index (χ1) is 14.6. The van der Waals surface area contributed by atoms with Crippen LogP contribution in [0, 0.1) is 5.41 Å². The topological polar surface area (TPSA) is 93.4 Å². The van der Waals surface area contributed by atoms with Gasteiger partial charge in [-0.3, -0.25) is 9.69 Å². The zero-order valence-corrected chi connectivity index (χ0v) is 17.8. The lowest BCUT2D eigenvalue weighted by Gasteiger charge is -2.38. The molecule has 2 aliphatic rings. The standard InChI is InChI=1S/C20H26F2N6O3/c1-19(2,3)31-18(30)26-7-4-20(5-8-26)6-9-27(17(20)29)15-11-23-13-10-24-28(12-14(21)22)16(13)25-15/h10-11,14H,4-9,12H2,1-3H3. The molecule has 0 aromatic carbocycles. The zero-order valence-electron chi connectivity index (χ0n) is 17.8. The van der Waals surface area contributed by atoms with Gasteiger partial charge in [-0.05, 0) is 40.0 Å². The Kier molecular flexibility index (Phi) is 5.30. The van der Waals surface area contributed by atoms with Crippen LogP contribution in [-0.2, 0) is 16.1 Å². The summed E-state index contributed by atoms with van der Waals surface area (Å²) in [5, 5.41) is 3.91. The van der Waals surface area contributed by atoms with Crippen molar-refractivity contribution in [3.05, 3.63) is 12.4 Å². The van der Waals surface area contributed by atoms with Gasteiger partial charge in [0.1, 0.15) is 17.7 Å². The number of carbonyl (C=O) groups excluding carboxylic acids is 2. The fourth-order valence-corrected chi connectivity index (χ4v) is 4.18. The maximum Gasteiger partial charge on any atom is 0.410 e. The van der Waals surface area contributed by atoms with Gasteiger partial charge in [0.2, 0.25) is 5.91 Å². The van der Waals surface area contributed by atoms with Crippen molar-refractivity contribution in [2.45, 2.75) is 58.6 Å². The van der Waals surface area contributed by atoms with Crippen LogP contribution in [0.5, 0.6) is 0 Å². The summed E-state index contributed by atoms with van der Waals surface area (Å²) in [6.45, 7) is 6.23. The first-order valence-electron chi connectivity index (χ1n) is 10.3. The Morgan fingerprint density at radius 2 is 1.87 bits per heavy atom. The second-order valence-electron chi connectivity index (χ2n) is 9.11. The fourth-order valence-electron chi connectivity index (χ4n) is 4.18. The molecule has 0 saturated carbocycles. The molecule has 0 N–H and O–H groups in total. The lowest BCUT2D eigenvalue weighted by molar-refractivity contribution is -0.128. The minimum Gasteiger partial charge on any atom is -0.444 e. The summed E-state index contributed by atoms with van der Waals surface area (Å²) in [6, 6.07) is 0. The molecule has 0 bridgehead atoms. The first kappa shape index (κ1) is 21.4. The lowest BCUT2D eigenvalue weighted by Crippen LogP contribution is -2.48. The average molecular weight is 436 g/mol. The molecule has 0 atom stereocenters. The van der Waals surface area contributed by atoms with Gasteiger partial charge in [-0.25, -0.2) is 28.2 Å². The van der Waals surface area contributed by atoms with E-state index in [1.807, 2.05) is 20.8 Å².